The zero-order valence-electron chi connectivity index (χ0n) is 17.7. The van der Waals surface area contributed by atoms with Crippen LogP contribution in [0, 0.1) is 0 Å². The summed E-state index contributed by atoms with van der Waals surface area (Å²) in [7, 11) is 0. The molecule has 10 heteroatoms. The number of piperazine rings is 1. The summed E-state index contributed by atoms with van der Waals surface area (Å²) in [5.74, 6) is -0.204. The first-order chi connectivity index (χ1) is 16.0. The van der Waals surface area contributed by atoms with Crippen LogP contribution in [0.15, 0.2) is 59.7 Å². The lowest BCUT2D eigenvalue weighted by atomic mass is 10.1. The van der Waals surface area contributed by atoms with Crippen molar-refractivity contribution in [1.82, 2.24) is 20.2 Å². The smallest absolute Gasteiger partial charge is 0.277 e. The number of rotatable bonds is 5. The lowest BCUT2D eigenvalue weighted by molar-refractivity contribution is -0.124. The van der Waals surface area contributed by atoms with Gasteiger partial charge in [-0.05, 0) is 35.9 Å². The maximum absolute atomic E-state index is 12.4. The summed E-state index contributed by atoms with van der Waals surface area (Å²) in [6, 6.07) is 13.3. The summed E-state index contributed by atoms with van der Waals surface area (Å²) < 4.78 is 0. The lowest BCUT2D eigenvalue weighted by Gasteiger charge is -2.25. The molecular formula is C23H23N7O3. The molecule has 2 amide bonds. The summed E-state index contributed by atoms with van der Waals surface area (Å²) in [5.41, 5.74) is 8.24. The molecule has 0 radical (unpaired) electrons. The van der Waals surface area contributed by atoms with E-state index < -0.39 is 5.91 Å². The molecule has 1 aliphatic heterocycles. The van der Waals surface area contributed by atoms with E-state index in [9.17, 15) is 14.7 Å². The largest absolute Gasteiger partial charge is 0.508 e. The number of nitrogens with two attached hydrogens (primary N) is 1. The number of nitrogens with one attached hydrogen (secondary N) is 2. The van der Waals surface area contributed by atoms with Gasteiger partial charge in [0.15, 0.2) is 0 Å². The number of phenolic OH excluding ortho intramolecular Hbond substituents is 1. The van der Waals surface area contributed by atoms with Crippen molar-refractivity contribution in [2.45, 2.75) is 0 Å². The maximum Gasteiger partial charge on any atom is 0.277 e. The second kappa shape index (κ2) is 9.88. The van der Waals surface area contributed by atoms with Crippen LogP contribution in [-0.4, -0.2) is 64.2 Å². The van der Waals surface area contributed by atoms with Crippen LogP contribution in [0.4, 0.5) is 17.5 Å². The van der Waals surface area contributed by atoms with Crippen LogP contribution < -0.4 is 16.4 Å². The summed E-state index contributed by atoms with van der Waals surface area (Å²) in [5, 5.41) is 15.8. The number of nitrogen functional groups attached to an aromatic ring is 1. The number of amides is 2. The molecule has 1 saturated heterocycles. The molecule has 1 aromatic heterocycles. The molecule has 0 bridgehead atoms. The van der Waals surface area contributed by atoms with Crippen molar-refractivity contribution in [3.8, 4) is 16.9 Å². The summed E-state index contributed by atoms with van der Waals surface area (Å²) >= 11 is 0. The minimum absolute atomic E-state index is 0.118. The van der Waals surface area contributed by atoms with E-state index in [2.05, 4.69) is 25.6 Å². The van der Waals surface area contributed by atoms with Gasteiger partial charge in [0.05, 0.1) is 6.21 Å². The van der Waals surface area contributed by atoms with Crippen LogP contribution in [0.25, 0.3) is 11.1 Å². The van der Waals surface area contributed by atoms with Gasteiger partial charge in [0.2, 0.25) is 5.95 Å². The Bertz CT molecular complexity index is 1210. The van der Waals surface area contributed by atoms with E-state index in [1.54, 1.807) is 59.6 Å². The quantitative estimate of drug-likeness (QED) is 0.435. The third-order valence-electron chi connectivity index (χ3n) is 5.06. The van der Waals surface area contributed by atoms with Crippen molar-refractivity contribution in [1.29, 1.82) is 0 Å². The Morgan fingerprint density at radius 2 is 1.94 bits per heavy atom. The molecular weight excluding hydrogens is 422 g/mol. The third kappa shape index (κ3) is 5.49. The van der Waals surface area contributed by atoms with E-state index in [0.29, 0.717) is 35.5 Å². The third-order valence-corrected chi connectivity index (χ3v) is 5.06. The Hall–Kier alpha value is -4.31. The predicted molar refractivity (Wildman–Crippen MR) is 126 cm³/mol. The number of benzene rings is 2. The number of hydrogen-bond acceptors (Lipinski definition) is 8. The van der Waals surface area contributed by atoms with Crippen LogP contribution in [0.2, 0.25) is 0 Å². The number of carbonyl (C=O) groups excluding carboxylic acids is 2. The molecule has 168 valence electrons. The van der Waals surface area contributed by atoms with Crippen molar-refractivity contribution in [2.24, 2.45) is 4.99 Å². The van der Waals surface area contributed by atoms with Crippen molar-refractivity contribution >= 4 is 35.5 Å². The van der Waals surface area contributed by atoms with Gasteiger partial charge in [0.25, 0.3) is 11.8 Å². The zero-order chi connectivity index (χ0) is 23.2. The Morgan fingerprint density at radius 3 is 2.70 bits per heavy atom. The fourth-order valence-corrected chi connectivity index (χ4v) is 3.37. The molecule has 2 aromatic carbocycles. The molecule has 0 saturated carbocycles. The molecule has 1 fully saturated rings. The lowest BCUT2D eigenvalue weighted by Crippen LogP contribution is -2.46. The van der Waals surface area contributed by atoms with Crippen molar-refractivity contribution < 1.29 is 14.7 Å². The fourth-order valence-electron chi connectivity index (χ4n) is 3.37. The molecule has 10 nitrogen and oxygen atoms in total. The van der Waals surface area contributed by atoms with Crippen molar-refractivity contribution in [2.75, 3.05) is 37.2 Å². The molecule has 1 aliphatic rings. The molecule has 0 spiro atoms. The molecule has 5 N–H and O–H groups in total. The van der Waals surface area contributed by atoms with Gasteiger partial charge in [-0.15, -0.1) is 0 Å². The molecule has 0 unspecified atom stereocenters. The SMILES string of the molecule is Nc1nc(Nc2cccc(C(=O)N=CC(=O)N3CCNCC3)c2)ncc1-c1cccc(O)c1. The van der Waals surface area contributed by atoms with Gasteiger partial charge in [-0.3, -0.25) is 9.59 Å². The number of carbonyl (C=O) groups is 2. The molecule has 2 heterocycles. The topological polar surface area (TPSA) is 146 Å². The van der Waals surface area contributed by atoms with Crippen LogP contribution in [0.1, 0.15) is 10.4 Å². The molecule has 0 aliphatic carbocycles. The van der Waals surface area contributed by atoms with E-state index in [1.165, 1.54) is 0 Å². The van der Waals surface area contributed by atoms with Gasteiger partial charge < -0.3 is 26.4 Å². The predicted octanol–water partition coefficient (Wildman–Crippen LogP) is 1.82. The summed E-state index contributed by atoms with van der Waals surface area (Å²) in [4.78, 5) is 38.6. The van der Waals surface area contributed by atoms with Gasteiger partial charge in [0.1, 0.15) is 11.6 Å². The Balaban J connectivity index is 1.44. The second-order valence-electron chi connectivity index (χ2n) is 7.39. The van der Waals surface area contributed by atoms with Gasteiger partial charge in [0, 0.05) is 49.2 Å². The van der Waals surface area contributed by atoms with E-state index in [1.807, 2.05) is 0 Å². The standard InChI is InChI=1S/C23H23N7O3/c24-21-19(15-3-2-6-18(31)12-15)13-27-23(29-21)28-17-5-1-4-16(11-17)22(33)26-14-20(32)30-9-7-25-8-10-30/h1-6,11-14,25,31H,7-10H2,(H3,24,27,28,29). The number of anilines is 3. The average molecular weight is 445 g/mol. The average Bonchev–Trinajstić information content (AvgIpc) is 2.83. The molecule has 4 rings (SSSR count). The Morgan fingerprint density at radius 1 is 1.15 bits per heavy atom. The molecule has 3 aromatic rings. The fraction of sp³-hybridized carbons (Fsp3) is 0.174. The second-order valence-corrected chi connectivity index (χ2v) is 7.39. The van der Waals surface area contributed by atoms with Crippen LogP contribution in [0.3, 0.4) is 0 Å². The van der Waals surface area contributed by atoms with E-state index in [-0.39, 0.29) is 23.4 Å². The van der Waals surface area contributed by atoms with Gasteiger partial charge in [-0.2, -0.15) is 4.98 Å². The van der Waals surface area contributed by atoms with Gasteiger partial charge in [-0.25, -0.2) is 9.98 Å². The van der Waals surface area contributed by atoms with E-state index >= 15 is 0 Å². The van der Waals surface area contributed by atoms with Crippen LogP contribution >= 0.6 is 0 Å². The Kier molecular flexibility index (Phi) is 6.56. The minimum Gasteiger partial charge on any atom is -0.508 e. The first-order valence-electron chi connectivity index (χ1n) is 10.4. The highest BCUT2D eigenvalue weighted by Gasteiger charge is 2.15. The first kappa shape index (κ1) is 21.9. The monoisotopic (exact) mass is 445 g/mol. The number of aromatic nitrogens is 2. The van der Waals surface area contributed by atoms with Crippen LogP contribution in [0.5, 0.6) is 5.75 Å². The minimum atomic E-state index is -0.526. The number of phenols is 1. The number of aromatic hydroxyl groups is 1. The number of aliphatic imine (C=N–C) groups is 1. The van der Waals surface area contributed by atoms with E-state index in [4.69, 9.17) is 5.73 Å². The van der Waals surface area contributed by atoms with E-state index in [0.717, 1.165) is 19.3 Å². The van der Waals surface area contributed by atoms with Crippen molar-refractivity contribution in [3.05, 3.63) is 60.3 Å². The van der Waals surface area contributed by atoms with Gasteiger partial charge >= 0.3 is 0 Å². The summed E-state index contributed by atoms with van der Waals surface area (Å²) in [6.45, 7) is 2.63. The highest BCUT2D eigenvalue weighted by Crippen LogP contribution is 2.27. The number of hydrogen-bond donors (Lipinski definition) is 4. The molecule has 33 heavy (non-hydrogen) atoms. The maximum atomic E-state index is 12.4. The highest BCUT2D eigenvalue weighted by molar-refractivity contribution is 6.28. The normalized spacial score (nSPS) is 13.8. The van der Waals surface area contributed by atoms with Crippen molar-refractivity contribution in [3.63, 3.8) is 0 Å². The summed E-state index contributed by atoms with van der Waals surface area (Å²) in [6.07, 6.45) is 2.62. The zero-order valence-corrected chi connectivity index (χ0v) is 17.7. The molecule has 0 atom stereocenters. The highest BCUT2D eigenvalue weighted by atomic mass is 16.3. The van der Waals surface area contributed by atoms with Crippen LogP contribution in [-0.2, 0) is 4.79 Å². The number of nitrogens with zero attached hydrogens (tertiary/aromatic N) is 4. The Labute approximate surface area is 190 Å². The first-order valence-corrected chi connectivity index (χ1v) is 10.4. The van der Waals surface area contributed by atoms with Gasteiger partial charge in [-0.1, -0.05) is 18.2 Å².